The van der Waals surface area contributed by atoms with Gasteiger partial charge < -0.3 is 14.4 Å². The van der Waals surface area contributed by atoms with Crippen LogP contribution in [0.1, 0.15) is 23.3 Å². The van der Waals surface area contributed by atoms with Crippen molar-refractivity contribution >= 4 is 17.5 Å². The zero-order valence-corrected chi connectivity index (χ0v) is 19.2. The van der Waals surface area contributed by atoms with Crippen molar-refractivity contribution < 1.29 is 14.3 Å². The Morgan fingerprint density at radius 2 is 1.82 bits per heavy atom. The normalized spacial score (nSPS) is 13.4. The molecular formula is C25H22ClN5O3. The molecule has 1 amide bonds. The number of aromatic nitrogens is 4. The molecule has 0 bridgehead atoms. The molecule has 5 rings (SSSR count). The van der Waals surface area contributed by atoms with Crippen molar-refractivity contribution in [2.45, 2.75) is 13.0 Å². The summed E-state index contributed by atoms with van der Waals surface area (Å²) in [5, 5.41) is 8.91. The molecule has 0 unspecified atom stereocenters. The average Bonchev–Trinajstić information content (AvgIpc) is 3.30. The smallest absolute Gasteiger partial charge is 0.254 e. The summed E-state index contributed by atoms with van der Waals surface area (Å²) in [5.41, 5.74) is 2.26. The lowest BCUT2D eigenvalue weighted by Crippen LogP contribution is -2.50. The summed E-state index contributed by atoms with van der Waals surface area (Å²) in [4.78, 5) is 18.6. The molecule has 0 radical (unpaired) electrons. The van der Waals surface area contributed by atoms with Crippen LogP contribution in [0.4, 0.5) is 0 Å². The Balaban J connectivity index is 1.20. The number of ether oxygens (including phenoxy) is 2. The zero-order chi connectivity index (χ0) is 23.5. The van der Waals surface area contributed by atoms with E-state index in [0.717, 1.165) is 17.0 Å². The van der Waals surface area contributed by atoms with Gasteiger partial charge in [0.2, 0.25) is 0 Å². The van der Waals surface area contributed by atoms with Gasteiger partial charge in [-0.15, -0.1) is 5.10 Å². The molecule has 3 heterocycles. The minimum Gasteiger partial charge on any atom is -0.494 e. The van der Waals surface area contributed by atoms with E-state index in [0.29, 0.717) is 41.8 Å². The minimum absolute atomic E-state index is 0.0812. The Morgan fingerprint density at radius 1 is 1.06 bits per heavy atom. The number of likely N-dealkylation sites (tertiary alicyclic amines) is 1. The van der Waals surface area contributed by atoms with E-state index in [-0.39, 0.29) is 11.9 Å². The monoisotopic (exact) mass is 475 g/mol. The van der Waals surface area contributed by atoms with Crippen LogP contribution in [0.5, 0.6) is 17.2 Å². The van der Waals surface area contributed by atoms with Gasteiger partial charge in [0.05, 0.1) is 23.9 Å². The number of pyridine rings is 1. The van der Waals surface area contributed by atoms with Gasteiger partial charge in [-0.25, -0.2) is 4.68 Å². The molecule has 2 aromatic carbocycles. The lowest BCUT2D eigenvalue weighted by molar-refractivity contribution is 0.0498. The van der Waals surface area contributed by atoms with Crippen molar-refractivity contribution in [1.82, 2.24) is 24.9 Å². The fourth-order valence-corrected chi connectivity index (χ4v) is 3.92. The Bertz CT molecular complexity index is 1290. The molecule has 1 aliphatic rings. The van der Waals surface area contributed by atoms with Crippen molar-refractivity contribution in [3.63, 3.8) is 0 Å². The number of carbonyl (C=O) groups is 1. The number of amides is 1. The number of rotatable bonds is 7. The predicted octanol–water partition coefficient (Wildman–Crippen LogP) is 4.88. The highest BCUT2D eigenvalue weighted by Gasteiger charge is 2.33. The summed E-state index contributed by atoms with van der Waals surface area (Å²) in [6.45, 7) is 3.69. The third kappa shape index (κ3) is 4.58. The zero-order valence-electron chi connectivity index (χ0n) is 18.5. The van der Waals surface area contributed by atoms with Crippen LogP contribution in [0.2, 0.25) is 5.02 Å². The molecule has 1 aliphatic heterocycles. The highest BCUT2D eigenvalue weighted by Crippen LogP contribution is 2.31. The minimum atomic E-state index is -0.0829. The Labute approximate surface area is 201 Å². The summed E-state index contributed by atoms with van der Waals surface area (Å²) in [6, 6.07) is 16.4. The van der Waals surface area contributed by atoms with Gasteiger partial charge in [0.25, 0.3) is 5.91 Å². The van der Waals surface area contributed by atoms with Crippen LogP contribution >= 0.6 is 11.6 Å². The number of carbonyl (C=O) groups excluding carboxylic acids is 1. The van der Waals surface area contributed by atoms with E-state index in [1.165, 1.54) is 0 Å². The van der Waals surface area contributed by atoms with Crippen molar-refractivity contribution in [2.75, 3.05) is 19.7 Å². The molecule has 9 heteroatoms. The molecule has 0 atom stereocenters. The first-order chi connectivity index (χ1) is 16.6. The average molecular weight is 476 g/mol. The molecule has 1 saturated heterocycles. The molecule has 34 heavy (non-hydrogen) atoms. The van der Waals surface area contributed by atoms with Crippen LogP contribution < -0.4 is 9.47 Å². The Morgan fingerprint density at radius 3 is 2.53 bits per heavy atom. The maximum atomic E-state index is 12.9. The Hall–Kier alpha value is -3.91. The largest absolute Gasteiger partial charge is 0.494 e. The maximum Gasteiger partial charge on any atom is 0.254 e. The van der Waals surface area contributed by atoms with Crippen molar-refractivity contribution in [3.8, 4) is 28.5 Å². The molecule has 172 valence electrons. The van der Waals surface area contributed by atoms with Gasteiger partial charge in [-0.3, -0.25) is 9.78 Å². The summed E-state index contributed by atoms with van der Waals surface area (Å²) in [6.07, 6.45) is 5.18. The van der Waals surface area contributed by atoms with Crippen LogP contribution in [0.25, 0.3) is 11.3 Å². The summed E-state index contributed by atoms with van der Waals surface area (Å²) >= 11 is 6.36. The van der Waals surface area contributed by atoms with Gasteiger partial charge in [-0.2, -0.15) is 0 Å². The summed E-state index contributed by atoms with van der Waals surface area (Å²) in [7, 11) is 0. The van der Waals surface area contributed by atoms with Crippen molar-refractivity contribution in [3.05, 3.63) is 83.8 Å². The third-order valence-corrected chi connectivity index (χ3v) is 5.85. The summed E-state index contributed by atoms with van der Waals surface area (Å²) in [5.74, 6) is 1.85. The molecule has 8 nitrogen and oxygen atoms in total. The number of hydrogen-bond donors (Lipinski definition) is 0. The van der Waals surface area contributed by atoms with Crippen LogP contribution in [0.3, 0.4) is 0 Å². The second-order valence-electron chi connectivity index (χ2n) is 7.84. The van der Waals surface area contributed by atoms with E-state index in [1.807, 2.05) is 42.1 Å². The second kappa shape index (κ2) is 9.52. The van der Waals surface area contributed by atoms with E-state index in [2.05, 4.69) is 15.3 Å². The van der Waals surface area contributed by atoms with Gasteiger partial charge >= 0.3 is 0 Å². The van der Waals surface area contributed by atoms with Crippen LogP contribution in [-0.4, -0.2) is 50.5 Å². The molecular weight excluding hydrogens is 454 g/mol. The fraction of sp³-hybridized carbons (Fsp3) is 0.200. The van der Waals surface area contributed by atoms with E-state index in [1.54, 1.807) is 47.6 Å². The first-order valence-corrected chi connectivity index (χ1v) is 11.3. The highest BCUT2D eigenvalue weighted by molar-refractivity contribution is 6.32. The maximum absolute atomic E-state index is 12.9. The predicted molar refractivity (Wildman–Crippen MR) is 127 cm³/mol. The highest BCUT2D eigenvalue weighted by atomic mass is 35.5. The van der Waals surface area contributed by atoms with Crippen molar-refractivity contribution in [2.24, 2.45) is 0 Å². The van der Waals surface area contributed by atoms with Crippen molar-refractivity contribution in [1.29, 1.82) is 0 Å². The van der Waals surface area contributed by atoms with Crippen LogP contribution in [0, 0.1) is 0 Å². The first kappa shape index (κ1) is 21.9. The number of halogens is 1. The topological polar surface area (TPSA) is 82.4 Å². The lowest BCUT2D eigenvalue weighted by Gasteiger charge is -2.38. The van der Waals surface area contributed by atoms with Gasteiger partial charge in [0.1, 0.15) is 22.9 Å². The van der Waals surface area contributed by atoms with Gasteiger partial charge in [-0.05, 0) is 61.5 Å². The molecule has 0 aliphatic carbocycles. The quantitative estimate of drug-likeness (QED) is 0.379. The van der Waals surface area contributed by atoms with E-state index in [9.17, 15) is 4.79 Å². The molecule has 1 fully saturated rings. The number of benzene rings is 2. The number of hydrogen-bond acceptors (Lipinski definition) is 6. The molecule has 2 aromatic heterocycles. The fourth-order valence-electron chi connectivity index (χ4n) is 3.70. The molecule has 0 spiro atoms. The van der Waals surface area contributed by atoms with E-state index in [4.69, 9.17) is 21.1 Å². The molecule has 4 aromatic rings. The second-order valence-corrected chi connectivity index (χ2v) is 8.24. The van der Waals surface area contributed by atoms with Gasteiger partial charge in [-0.1, -0.05) is 16.8 Å². The van der Waals surface area contributed by atoms with Gasteiger partial charge in [0.15, 0.2) is 0 Å². The molecule has 0 N–H and O–H groups in total. The lowest BCUT2D eigenvalue weighted by atomic mass is 10.1. The Kier molecular flexibility index (Phi) is 6.14. The van der Waals surface area contributed by atoms with Gasteiger partial charge in [0, 0.05) is 36.6 Å². The summed E-state index contributed by atoms with van der Waals surface area (Å²) < 4.78 is 13.0. The molecule has 0 saturated carbocycles. The SMILES string of the molecule is CCOc1ccc(-c2cn(C3CN(C(=O)c4ccc(Oc5ccncc5)c(Cl)c4)C3)nn2)cc1. The van der Waals surface area contributed by atoms with Crippen LogP contribution in [0.15, 0.2) is 73.2 Å². The van der Waals surface area contributed by atoms with E-state index >= 15 is 0 Å². The third-order valence-electron chi connectivity index (χ3n) is 5.55. The standard InChI is InChI=1S/C25H22ClN5O3/c1-2-33-20-6-3-17(4-7-20)23-16-31(29-28-23)19-14-30(15-19)25(32)18-5-8-24(22(26)13-18)34-21-9-11-27-12-10-21/h3-13,16,19H,2,14-15H2,1H3. The van der Waals surface area contributed by atoms with E-state index < -0.39 is 0 Å². The first-order valence-electron chi connectivity index (χ1n) is 10.9. The number of nitrogens with zero attached hydrogens (tertiary/aromatic N) is 5. The van der Waals surface area contributed by atoms with Crippen LogP contribution in [-0.2, 0) is 0 Å².